The molecule has 1 spiro atoms. The van der Waals surface area contributed by atoms with Crippen molar-refractivity contribution in [3.63, 3.8) is 0 Å². The fourth-order valence-electron chi connectivity index (χ4n) is 4.91. The van der Waals surface area contributed by atoms with Crippen molar-refractivity contribution < 1.29 is 13.2 Å². The van der Waals surface area contributed by atoms with Gasteiger partial charge in [0.1, 0.15) is 6.54 Å². The molecule has 5 rings (SSSR count). The summed E-state index contributed by atoms with van der Waals surface area (Å²) in [7, 11) is 0. The molecule has 2 heterocycles. The number of terminal acetylenes is 1. The van der Waals surface area contributed by atoms with Crippen LogP contribution in [0, 0.1) is 25.2 Å². The van der Waals surface area contributed by atoms with E-state index in [9.17, 15) is 13.2 Å². The van der Waals surface area contributed by atoms with Gasteiger partial charge in [-0.2, -0.15) is 13.2 Å². The third kappa shape index (κ3) is 8.79. The second-order valence-electron chi connectivity index (χ2n) is 9.16. The highest BCUT2D eigenvalue weighted by atomic mass is 19.4. The molecule has 1 aliphatic heterocycles. The largest absolute Gasteiger partial charge is 0.406 e. The Morgan fingerprint density at radius 2 is 1.60 bits per heavy atom. The van der Waals surface area contributed by atoms with E-state index < -0.39 is 12.7 Å². The first-order valence-corrected chi connectivity index (χ1v) is 13.3. The number of halogens is 3. The monoisotopic (exact) mass is 493 g/mol. The molecular formula is C29H46F3N3. The average molecular weight is 494 g/mol. The van der Waals surface area contributed by atoms with Crippen molar-refractivity contribution in [2.45, 2.75) is 105 Å². The quantitative estimate of drug-likeness (QED) is 0.421. The molecule has 2 saturated carbocycles. The summed E-state index contributed by atoms with van der Waals surface area (Å²) in [6.45, 7) is 11.4. The third-order valence-electron chi connectivity index (χ3n) is 6.87. The van der Waals surface area contributed by atoms with Crippen LogP contribution in [0.15, 0.2) is 24.3 Å². The summed E-state index contributed by atoms with van der Waals surface area (Å²) in [5.74, 6) is 0. The second-order valence-corrected chi connectivity index (χ2v) is 9.16. The van der Waals surface area contributed by atoms with Gasteiger partial charge >= 0.3 is 6.18 Å². The molecule has 0 radical (unpaired) electrons. The Hall–Kier alpha value is -2.13. The van der Waals surface area contributed by atoms with Crippen LogP contribution in [0.25, 0.3) is 10.9 Å². The maximum Gasteiger partial charge on any atom is 0.406 e. The van der Waals surface area contributed by atoms with E-state index in [4.69, 9.17) is 0 Å². The molecule has 0 amide bonds. The SMILES string of the molecule is C#C.C1CC2(C1)CNC2.CC.CC.Cc1cc2c(NC3CCCCC3)cccc2n1CC(F)(F)F. The lowest BCUT2D eigenvalue weighted by Crippen LogP contribution is -2.57. The number of fused-ring (bicyclic) bond motifs is 1. The van der Waals surface area contributed by atoms with Crippen molar-refractivity contribution in [2.75, 3.05) is 18.4 Å². The lowest BCUT2D eigenvalue weighted by molar-refractivity contribution is -0.140. The first kappa shape index (κ1) is 30.9. The van der Waals surface area contributed by atoms with E-state index in [2.05, 4.69) is 23.5 Å². The van der Waals surface area contributed by atoms with E-state index in [0.717, 1.165) is 29.3 Å². The summed E-state index contributed by atoms with van der Waals surface area (Å²) < 4.78 is 39.6. The predicted octanol–water partition coefficient (Wildman–Crippen LogP) is 8.32. The molecule has 2 aliphatic carbocycles. The summed E-state index contributed by atoms with van der Waals surface area (Å²) in [6, 6.07) is 7.85. The summed E-state index contributed by atoms with van der Waals surface area (Å²) in [6.07, 6.45) is 14.3. The van der Waals surface area contributed by atoms with Gasteiger partial charge in [-0.1, -0.05) is 59.4 Å². The van der Waals surface area contributed by atoms with Crippen molar-refractivity contribution in [2.24, 2.45) is 5.41 Å². The smallest absolute Gasteiger partial charge is 0.382 e. The van der Waals surface area contributed by atoms with E-state index >= 15 is 0 Å². The molecule has 1 aromatic carbocycles. The van der Waals surface area contributed by atoms with Crippen LogP contribution < -0.4 is 10.6 Å². The van der Waals surface area contributed by atoms with E-state index in [0.29, 0.717) is 17.3 Å². The van der Waals surface area contributed by atoms with E-state index in [1.165, 1.54) is 56.2 Å². The highest BCUT2D eigenvalue weighted by molar-refractivity contribution is 5.93. The average Bonchev–Trinajstić information content (AvgIpc) is 3.12. The van der Waals surface area contributed by atoms with Crippen molar-refractivity contribution in [1.82, 2.24) is 9.88 Å². The van der Waals surface area contributed by atoms with Crippen LogP contribution in [0.1, 0.15) is 84.8 Å². The number of alkyl halides is 3. The molecule has 3 nitrogen and oxygen atoms in total. The van der Waals surface area contributed by atoms with E-state index in [1.807, 2.05) is 45.9 Å². The van der Waals surface area contributed by atoms with Crippen LogP contribution in [0.4, 0.5) is 18.9 Å². The predicted molar refractivity (Wildman–Crippen MR) is 145 cm³/mol. The van der Waals surface area contributed by atoms with Crippen LogP contribution in [0.3, 0.4) is 0 Å². The molecular weight excluding hydrogens is 447 g/mol. The van der Waals surface area contributed by atoms with Gasteiger partial charge in [-0.25, -0.2) is 0 Å². The van der Waals surface area contributed by atoms with Crippen molar-refractivity contribution in [3.05, 3.63) is 30.0 Å². The second kappa shape index (κ2) is 15.1. The highest BCUT2D eigenvalue weighted by Crippen LogP contribution is 2.43. The molecule has 198 valence electrons. The molecule has 1 saturated heterocycles. The Morgan fingerprint density at radius 1 is 1.00 bits per heavy atom. The zero-order chi connectivity index (χ0) is 26.5. The van der Waals surface area contributed by atoms with Crippen molar-refractivity contribution >= 4 is 16.6 Å². The molecule has 0 atom stereocenters. The number of hydrogen-bond acceptors (Lipinski definition) is 2. The third-order valence-corrected chi connectivity index (χ3v) is 6.87. The number of hydrogen-bond donors (Lipinski definition) is 2. The van der Waals surface area contributed by atoms with Gasteiger partial charge < -0.3 is 15.2 Å². The number of benzene rings is 1. The van der Waals surface area contributed by atoms with Crippen LogP contribution in [0.5, 0.6) is 0 Å². The van der Waals surface area contributed by atoms with Crippen molar-refractivity contribution in [3.8, 4) is 12.8 Å². The highest BCUT2D eigenvalue weighted by Gasteiger charge is 2.41. The topological polar surface area (TPSA) is 29.0 Å². The standard InChI is InChI=1S/C17H21F3N2.C6H11N.2C2H6.C2H2/c1-12-10-14-15(21-13-6-3-2-4-7-13)8-5-9-16(14)22(12)11-17(18,19)20;1-2-6(3-1)4-7-5-6;3*1-2/h5,8-10,13,21H,2-4,6-7,11H2,1H3;7H,1-5H2;2*1-2H3;1-2H. The maximum atomic E-state index is 12.8. The fraction of sp³-hybridized carbons (Fsp3) is 0.655. The fourth-order valence-corrected chi connectivity index (χ4v) is 4.91. The van der Waals surface area contributed by atoms with Gasteiger partial charge in [0.15, 0.2) is 0 Å². The number of aryl methyl sites for hydroxylation is 1. The maximum absolute atomic E-state index is 12.8. The minimum atomic E-state index is -4.20. The summed E-state index contributed by atoms with van der Waals surface area (Å²) in [5, 5.41) is 7.72. The summed E-state index contributed by atoms with van der Waals surface area (Å²) in [5.41, 5.74) is 3.08. The number of anilines is 1. The number of aromatic nitrogens is 1. The van der Waals surface area contributed by atoms with Gasteiger partial charge in [0.2, 0.25) is 0 Å². The van der Waals surface area contributed by atoms with Crippen LogP contribution in [-0.2, 0) is 6.54 Å². The van der Waals surface area contributed by atoms with Crippen LogP contribution in [-0.4, -0.2) is 29.9 Å². The minimum absolute atomic E-state index is 0.436. The Balaban J connectivity index is 0.000000389. The number of nitrogens with one attached hydrogen (secondary N) is 2. The van der Waals surface area contributed by atoms with E-state index in [-0.39, 0.29) is 0 Å². The Labute approximate surface area is 211 Å². The molecule has 0 unspecified atom stereocenters. The van der Waals surface area contributed by atoms with Crippen LogP contribution >= 0.6 is 0 Å². The van der Waals surface area contributed by atoms with Gasteiger partial charge in [-0.05, 0) is 56.2 Å². The first-order chi connectivity index (χ1) is 16.9. The molecule has 3 fully saturated rings. The lowest BCUT2D eigenvalue weighted by atomic mass is 9.65. The molecule has 35 heavy (non-hydrogen) atoms. The molecule has 3 aliphatic rings. The number of nitrogens with zero attached hydrogens (tertiary/aromatic N) is 1. The summed E-state index contributed by atoms with van der Waals surface area (Å²) >= 11 is 0. The van der Waals surface area contributed by atoms with Crippen molar-refractivity contribution in [1.29, 1.82) is 0 Å². The van der Waals surface area contributed by atoms with Gasteiger partial charge in [0.05, 0.1) is 5.52 Å². The molecule has 2 N–H and O–H groups in total. The van der Waals surface area contributed by atoms with Gasteiger partial charge in [-0.3, -0.25) is 0 Å². The van der Waals surface area contributed by atoms with Gasteiger partial charge in [0.25, 0.3) is 0 Å². The zero-order valence-corrected chi connectivity index (χ0v) is 22.4. The molecule has 1 aromatic heterocycles. The Kier molecular flexibility index (Phi) is 13.3. The zero-order valence-electron chi connectivity index (χ0n) is 22.4. The lowest BCUT2D eigenvalue weighted by Gasteiger charge is -2.49. The molecule has 6 heteroatoms. The van der Waals surface area contributed by atoms with Gasteiger partial charge in [0, 0.05) is 35.9 Å². The van der Waals surface area contributed by atoms with Gasteiger partial charge in [-0.15, -0.1) is 12.8 Å². The normalized spacial score (nSPS) is 18.0. The van der Waals surface area contributed by atoms with Crippen LogP contribution in [0.2, 0.25) is 0 Å². The Morgan fingerprint density at radius 3 is 2.03 bits per heavy atom. The van der Waals surface area contributed by atoms with E-state index in [1.54, 1.807) is 13.0 Å². The Bertz CT molecular complexity index is 853. The molecule has 0 bridgehead atoms. The number of rotatable bonds is 3. The first-order valence-electron chi connectivity index (χ1n) is 13.3. The minimum Gasteiger partial charge on any atom is -0.382 e. The summed E-state index contributed by atoms with van der Waals surface area (Å²) in [4.78, 5) is 0. The molecule has 2 aromatic rings.